The van der Waals surface area contributed by atoms with E-state index in [0.717, 1.165) is 38.5 Å². The van der Waals surface area contributed by atoms with Gasteiger partial charge in [-0.3, -0.25) is 13.8 Å². The number of hydrogen-bond acceptors (Lipinski definition) is 5. The van der Waals surface area contributed by atoms with Gasteiger partial charge < -0.3 is 19.8 Å². The van der Waals surface area contributed by atoms with Crippen molar-refractivity contribution in [2.45, 2.75) is 187 Å². The number of phosphoric acid groups is 1. The van der Waals surface area contributed by atoms with Crippen molar-refractivity contribution in [2.24, 2.45) is 0 Å². The number of amides is 1. The fourth-order valence-corrected chi connectivity index (χ4v) is 6.31. The van der Waals surface area contributed by atoms with Crippen molar-refractivity contribution in [1.82, 2.24) is 5.32 Å². The first kappa shape index (κ1) is 46.2. The normalized spacial score (nSPS) is 14.8. The lowest BCUT2D eigenvalue weighted by Gasteiger charge is -2.25. The predicted molar refractivity (Wildman–Crippen MR) is 198 cm³/mol. The van der Waals surface area contributed by atoms with Crippen LogP contribution in [0.15, 0.2) is 12.2 Å². The second kappa shape index (κ2) is 31.2. The van der Waals surface area contributed by atoms with Gasteiger partial charge in [0.25, 0.3) is 0 Å². The highest BCUT2D eigenvalue weighted by molar-refractivity contribution is 7.47. The quantitative estimate of drug-likeness (QED) is 0.0265. The first-order valence-electron chi connectivity index (χ1n) is 19.6. The van der Waals surface area contributed by atoms with Crippen LogP contribution in [0.25, 0.3) is 0 Å². The van der Waals surface area contributed by atoms with Crippen LogP contribution in [0.5, 0.6) is 0 Å². The van der Waals surface area contributed by atoms with Gasteiger partial charge in [0.05, 0.1) is 39.9 Å². The second-order valence-corrected chi connectivity index (χ2v) is 16.1. The summed E-state index contributed by atoms with van der Waals surface area (Å²) >= 11 is 0. The number of rotatable bonds is 35. The molecule has 0 bridgehead atoms. The minimum absolute atomic E-state index is 0.0640. The smallest absolute Gasteiger partial charge is 0.387 e. The Balaban J connectivity index is 4.47. The lowest BCUT2D eigenvalue weighted by molar-refractivity contribution is -0.870. The molecule has 280 valence electrons. The maximum atomic E-state index is 12.7. The van der Waals surface area contributed by atoms with Gasteiger partial charge in [0, 0.05) is 6.42 Å². The largest absolute Gasteiger partial charge is 0.472 e. The molecule has 0 aliphatic heterocycles. The molecule has 1 amide bonds. The number of unbranched alkanes of at least 4 members (excludes halogenated alkanes) is 22. The van der Waals surface area contributed by atoms with Crippen molar-refractivity contribution < 1.29 is 32.9 Å². The summed E-state index contributed by atoms with van der Waals surface area (Å²) in [5, 5.41) is 13.7. The van der Waals surface area contributed by atoms with E-state index in [1.807, 2.05) is 27.2 Å². The minimum atomic E-state index is -4.32. The van der Waals surface area contributed by atoms with Gasteiger partial charge in [-0.15, -0.1) is 0 Å². The zero-order valence-electron chi connectivity index (χ0n) is 31.5. The molecule has 8 nitrogen and oxygen atoms in total. The number of aliphatic hydroxyl groups excluding tert-OH is 1. The van der Waals surface area contributed by atoms with E-state index in [4.69, 9.17) is 9.05 Å². The molecule has 1 unspecified atom stereocenters. The second-order valence-electron chi connectivity index (χ2n) is 14.7. The zero-order chi connectivity index (χ0) is 35.1. The SMILES string of the molecule is CCCCCCCCCCCCCCCC/C=C/[C@@H](O)[C@H](COP(=O)(O)OCC[N+](C)(C)C)NC(=O)CCCCCCCCCCC. The fourth-order valence-electron chi connectivity index (χ4n) is 5.57. The van der Waals surface area contributed by atoms with Crippen molar-refractivity contribution in [1.29, 1.82) is 0 Å². The number of nitrogens with zero attached hydrogens (tertiary/aromatic N) is 1. The van der Waals surface area contributed by atoms with Gasteiger partial charge in [0.2, 0.25) is 5.91 Å². The highest BCUT2D eigenvalue weighted by Crippen LogP contribution is 2.43. The molecule has 3 atom stereocenters. The standard InChI is InChI=1S/C38H77N2O6P/c1-6-8-10-12-14-16-17-18-19-20-21-22-24-25-27-29-31-37(41)36(35-46-47(43,44)45-34-33-40(3,4)5)39-38(42)32-30-28-26-23-15-13-11-9-7-2/h29,31,36-37,41H,6-28,30,32-35H2,1-5H3,(H-,39,42,43,44)/p+1/b31-29+/t36-,37+/m0/s1. The Morgan fingerprint density at radius 1 is 0.702 bits per heavy atom. The van der Waals surface area contributed by atoms with Crippen LogP contribution in [0.2, 0.25) is 0 Å². The zero-order valence-corrected chi connectivity index (χ0v) is 32.4. The molecular formula is C38H78N2O6P+. The maximum absolute atomic E-state index is 12.7. The highest BCUT2D eigenvalue weighted by atomic mass is 31.2. The van der Waals surface area contributed by atoms with E-state index in [-0.39, 0.29) is 19.1 Å². The lowest BCUT2D eigenvalue weighted by atomic mass is 10.0. The van der Waals surface area contributed by atoms with Crippen LogP contribution >= 0.6 is 7.82 Å². The molecular weight excluding hydrogens is 611 g/mol. The van der Waals surface area contributed by atoms with Gasteiger partial charge in [0.15, 0.2) is 0 Å². The van der Waals surface area contributed by atoms with Gasteiger partial charge in [-0.25, -0.2) is 4.57 Å². The maximum Gasteiger partial charge on any atom is 0.472 e. The Bertz CT molecular complexity index is 789. The summed E-state index contributed by atoms with van der Waals surface area (Å²) in [6.07, 6.45) is 32.7. The lowest BCUT2D eigenvalue weighted by Crippen LogP contribution is -2.45. The number of allylic oxidation sites excluding steroid dienone is 1. The van der Waals surface area contributed by atoms with E-state index in [0.29, 0.717) is 17.4 Å². The number of aliphatic hydroxyl groups is 1. The molecule has 9 heteroatoms. The van der Waals surface area contributed by atoms with Crippen molar-refractivity contribution in [3.63, 3.8) is 0 Å². The van der Waals surface area contributed by atoms with Crippen molar-refractivity contribution in [3.05, 3.63) is 12.2 Å². The number of carbonyl (C=O) groups excluding carboxylic acids is 1. The van der Waals surface area contributed by atoms with Gasteiger partial charge in [-0.05, 0) is 19.3 Å². The molecule has 0 saturated carbocycles. The molecule has 3 N–H and O–H groups in total. The summed E-state index contributed by atoms with van der Waals surface area (Å²) in [7, 11) is 1.58. The van der Waals surface area contributed by atoms with Gasteiger partial charge in [-0.2, -0.15) is 0 Å². The first-order valence-corrected chi connectivity index (χ1v) is 21.1. The Morgan fingerprint density at radius 2 is 1.13 bits per heavy atom. The summed E-state index contributed by atoms with van der Waals surface area (Å²) in [6.45, 7) is 4.78. The van der Waals surface area contributed by atoms with Gasteiger partial charge >= 0.3 is 7.82 Å². The molecule has 47 heavy (non-hydrogen) atoms. The summed E-state index contributed by atoms with van der Waals surface area (Å²) in [6, 6.07) is -0.837. The average molecular weight is 690 g/mol. The topological polar surface area (TPSA) is 105 Å². The Labute approximate surface area is 291 Å². The van der Waals surface area contributed by atoms with Crippen LogP contribution in [-0.2, 0) is 18.4 Å². The van der Waals surface area contributed by atoms with Crippen LogP contribution in [0, 0.1) is 0 Å². The average Bonchev–Trinajstić information content (AvgIpc) is 3.01. The van der Waals surface area contributed by atoms with E-state index < -0.39 is 20.0 Å². The molecule has 0 saturated heterocycles. The van der Waals surface area contributed by atoms with E-state index in [9.17, 15) is 19.4 Å². The van der Waals surface area contributed by atoms with Crippen molar-refractivity contribution in [3.8, 4) is 0 Å². The fraction of sp³-hybridized carbons (Fsp3) is 0.921. The molecule has 0 aromatic rings. The van der Waals surface area contributed by atoms with Crippen LogP contribution in [-0.4, -0.2) is 73.4 Å². The predicted octanol–water partition coefficient (Wildman–Crippen LogP) is 10.0. The molecule has 0 aromatic carbocycles. The first-order chi connectivity index (χ1) is 22.5. The van der Waals surface area contributed by atoms with Crippen LogP contribution in [0.1, 0.15) is 174 Å². The third kappa shape index (κ3) is 33.5. The van der Waals surface area contributed by atoms with E-state index in [1.54, 1.807) is 6.08 Å². The number of hydrogen-bond donors (Lipinski definition) is 3. The molecule has 0 rings (SSSR count). The van der Waals surface area contributed by atoms with Crippen molar-refractivity contribution in [2.75, 3.05) is 40.9 Å². The third-order valence-electron chi connectivity index (χ3n) is 8.76. The monoisotopic (exact) mass is 690 g/mol. The van der Waals surface area contributed by atoms with E-state index >= 15 is 0 Å². The minimum Gasteiger partial charge on any atom is -0.387 e. The summed E-state index contributed by atoms with van der Waals surface area (Å²) in [5.41, 5.74) is 0. The number of likely N-dealkylation sites (N-methyl/N-ethyl adjacent to an activating group) is 1. The van der Waals surface area contributed by atoms with E-state index in [1.165, 1.54) is 116 Å². The third-order valence-corrected chi connectivity index (χ3v) is 9.74. The van der Waals surface area contributed by atoms with Crippen LogP contribution in [0.3, 0.4) is 0 Å². The number of phosphoric ester groups is 1. The van der Waals surface area contributed by atoms with E-state index in [2.05, 4.69) is 19.2 Å². The molecule has 0 aliphatic rings. The number of nitrogens with one attached hydrogen (secondary N) is 1. The summed E-state index contributed by atoms with van der Waals surface area (Å²) < 4.78 is 23.4. The molecule has 0 spiro atoms. The molecule has 0 radical (unpaired) electrons. The Hall–Kier alpha value is -0.760. The number of carbonyl (C=O) groups is 1. The highest BCUT2D eigenvalue weighted by Gasteiger charge is 2.27. The molecule has 0 fully saturated rings. The molecule has 0 aliphatic carbocycles. The van der Waals surface area contributed by atoms with Gasteiger partial charge in [-0.1, -0.05) is 161 Å². The molecule has 0 heterocycles. The summed E-state index contributed by atoms with van der Waals surface area (Å²) in [4.78, 5) is 22.9. The number of quaternary nitrogens is 1. The van der Waals surface area contributed by atoms with Crippen LogP contribution < -0.4 is 5.32 Å². The molecule has 0 aromatic heterocycles. The summed E-state index contributed by atoms with van der Waals surface area (Å²) in [5.74, 6) is -0.181. The van der Waals surface area contributed by atoms with Crippen LogP contribution in [0.4, 0.5) is 0 Å². The Kier molecular flexibility index (Phi) is 30.7. The van der Waals surface area contributed by atoms with Crippen molar-refractivity contribution >= 4 is 13.7 Å². The Morgan fingerprint density at radius 3 is 1.57 bits per heavy atom. The van der Waals surface area contributed by atoms with Gasteiger partial charge in [0.1, 0.15) is 13.2 Å².